The van der Waals surface area contributed by atoms with Gasteiger partial charge in [-0.2, -0.15) is 0 Å². The quantitative estimate of drug-likeness (QED) is 0.364. The number of methoxy groups -OCH3 is 3. The maximum absolute atomic E-state index is 13.1. The van der Waals surface area contributed by atoms with Gasteiger partial charge in [-0.05, 0) is 42.3 Å². The van der Waals surface area contributed by atoms with Crippen LogP contribution in [0.3, 0.4) is 0 Å². The zero-order valence-corrected chi connectivity index (χ0v) is 21.5. The molecule has 1 aliphatic heterocycles. The zero-order valence-electron chi connectivity index (χ0n) is 21.5. The highest BCUT2D eigenvalue weighted by atomic mass is 16.5. The highest BCUT2D eigenvalue weighted by Gasteiger charge is 2.24. The highest BCUT2D eigenvalue weighted by molar-refractivity contribution is 5.88. The second-order valence-corrected chi connectivity index (χ2v) is 9.04. The van der Waals surface area contributed by atoms with Crippen LogP contribution in [-0.2, 0) is 17.8 Å². The number of aromatic nitrogens is 1. The lowest BCUT2D eigenvalue weighted by atomic mass is 10.0. The lowest BCUT2D eigenvalue weighted by molar-refractivity contribution is -0.131. The van der Waals surface area contributed by atoms with E-state index >= 15 is 0 Å². The number of fused-ring (bicyclic) bond motifs is 2. The van der Waals surface area contributed by atoms with Crippen LogP contribution < -0.4 is 18.9 Å². The van der Waals surface area contributed by atoms with Gasteiger partial charge in [0.05, 0.1) is 45.5 Å². The van der Waals surface area contributed by atoms with Gasteiger partial charge in [-0.3, -0.25) is 4.79 Å². The van der Waals surface area contributed by atoms with Crippen molar-refractivity contribution in [3.8, 4) is 34.3 Å². The molecule has 190 valence electrons. The first-order valence-corrected chi connectivity index (χ1v) is 12.2. The van der Waals surface area contributed by atoms with Gasteiger partial charge < -0.3 is 23.8 Å². The van der Waals surface area contributed by atoms with Crippen molar-refractivity contribution in [3.05, 3.63) is 77.4 Å². The third-order valence-electron chi connectivity index (χ3n) is 6.69. The molecule has 5 rings (SSSR count). The lowest BCUT2D eigenvalue weighted by Crippen LogP contribution is -2.33. The molecule has 7 heteroatoms. The summed E-state index contributed by atoms with van der Waals surface area (Å²) in [7, 11) is 4.86. The third-order valence-corrected chi connectivity index (χ3v) is 6.69. The summed E-state index contributed by atoms with van der Waals surface area (Å²) >= 11 is 0. The normalized spacial score (nSPS) is 12.9. The molecule has 0 unspecified atom stereocenters. The molecule has 37 heavy (non-hydrogen) atoms. The van der Waals surface area contributed by atoms with Gasteiger partial charge in [-0.15, -0.1) is 0 Å². The first-order chi connectivity index (χ1) is 18.0. The Balaban J connectivity index is 1.53. The topological polar surface area (TPSA) is 70.1 Å². The fourth-order valence-corrected chi connectivity index (χ4v) is 4.75. The molecule has 1 aliphatic rings. The van der Waals surface area contributed by atoms with Gasteiger partial charge in [-0.25, -0.2) is 4.98 Å². The summed E-state index contributed by atoms with van der Waals surface area (Å²) in [5, 5.41) is 0.990. The molecule has 0 bridgehead atoms. The van der Waals surface area contributed by atoms with Crippen molar-refractivity contribution in [2.24, 2.45) is 0 Å². The van der Waals surface area contributed by atoms with Crippen LogP contribution in [-0.4, -0.2) is 50.3 Å². The molecule has 7 nitrogen and oxygen atoms in total. The molecule has 0 atom stereocenters. The number of benzene rings is 3. The van der Waals surface area contributed by atoms with Crippen molar-refractivity contribution < 1.29 is 23.7 Å². The SMILES string of the molecule is COc1cc2nc(-c3cc4c(c(OC)c3)OCCN(C(=O)Cc3ccccc3)C4)cc(C)c2cc1OC. The Hall–Kier alpha value is -4.26. The van der Waals surface area contributed by atoms with Crippen molar-refractivity contribution in [1.82, 2.24) is 9.88 Å². The highest BCUT2D eigenvalue weighted by Crippen LogP contribution is 2.40. The molecule has 4 aromatic rings. The average Bonchev–Trinajstić information content (AvgIpc) is 3.15. The first-order valence-electron chi connectivity index (χ1n) is 12.2. The van der Waals surface area contributed by atoms with Crippen LogP contribution in [0.15, 0.2) is 60.7 Å². The van der Waals surface area contributed by atoms with Crippen molar-refractivity contribution in [2.45, 2.75) is 19.9 Å². The molecule has 1 amide bonds. The van der Waals surface area contributed by atoms with Crippen molar-refractivity contribution in [3.63, 3.8) is 0 Å². The van der Waals surface area contributed by atoms with Crippen molar-refractivity contribution in [1.29, 1.82) is 0 Å². The summed E-state index contributed by atoms with van der Waals surface area (Å²) in [6, 6.07) is 19.7. The van der Waals surface area contributed by atoms with Crippen LogP contribution in [0.25, 0.3) is 22.2 Å². The number of ether oxygens (including phenoxy) is 4. The third kappa shape index (κ3) is 4.89. The summed E-state index contributed by atoms with van der Waals surface area (Å²) < 4.78 is 22.7. The van der Waals surface area contributed by atoms with Crippen LogP contribution in [0.4, 0.5) is 0 Å². The van der Waals surface area contributed by atoms with Gasteiger partial charge in [0.2, 0.25) is 5.91 Å². The lowest BCUT2D eigenvalue weighted by Gasteiger charge is -2.20. The number of carbonyl (C=O) groups excluding carboxylic acids is 1. The van der Waals surface area contributed by atoms with Gasteiger partial charge in [0, 0.05) is 29.1 Å². The van der Waals surface area contributed by atoms with E-state index in [0.29, 0.717) is 49.1 Å². The minimum Gasteiger partial charge on any atom is -0.493 e. The molecule has 0 saturated heterocycles. The monoisotopic (exact) mass is 498 g/mol. The Morgan fingerprint density at radius 3 is 2.41 bits per heavy atom. The number of nitrogens with zero attached hydrogens (tertiary/aromatic N) is 2. The van der Waals surface area contributed by atoms with Crippen molar-refractivity contribution in [2.75, 3.05) is 34.5 Å². The van der Waals surface area contributed by atoms with E-state index in [9.17, 15) is 4.79 Å². The number of pyridine rings is 1. The van der Waals surface area contributed by atoms with E-state index in [1.807, 2.05) is 72.5 Å². The number of carbonyl (C=O) groups is 1. The van der Waals surface area contributed by atoms with Gasteiger partial charge in [0.25, 0.3) is 0 Å². The van der Waals surface area contributed by atoms with Crippen LogP contribution >= 0.6 is 0 Å². The number of hydrogen-bond acceptors (Lipinski definition) is 6. The first kappa shape index (κ1) is 24.4. The Morgan fingerprint density at radius 1 is 0.946 bits per heavy atom. The van der Waals surface area contributed by atoms with E-state index in [-0.39, 0.29) is 5.91 Å². The van der Waals surface area contributed by atoms with E-state index < -0.39 is 0 Å². The largest absolute Gasteiger partial charge is 0.493 e. The van der Waals surface area contributed by atoms with Crippen LogP contribution in [0.2, 0.25) is 0 Å². The van der Waals surface area contributed by atoms with Gasteiger partial charge in [0.1, 0.15) is 6.61 Å². The van der Waals surface area contributed by atoms with E-state index in [1.54, 1.807) is 21.3 Å². The van der Waals surface area contributed by atoms with Crippen LogP contribution in [0.5, 0.6) is 23.0 Å². The van der Waals surface area contributed by atoms with Crippen molar-refractivity contribution >= 4 is 16.8 Å². The van der Waals surface area contributed by atoms with E-state index in [0.717, 1.165) is 38.9 Å². The molecule has 3 aromatic carbocycles. The Morgan fingerprint density at radius 2 is 1.68 bits per heavy atom. The van der Waals surface area contributed by atoms with E-state index in [2.05, 4.69) is 0 Å². The molecule has 0 radical (unpaired) electrons. The van der Waals surface area contributed by atoms with Gasteiger partial charge in [0.15, 0.2) is 23.0 Å². The number of amides is 1. The second kappa shape index (κ2) is 10.4. The van der Waals surface area contributed by atoms with E-state index in [1.165, 1.54) is 0 Å². The maximum atomic E-state index is 13.1. The predicted molar refractivity (Wildman–Crippen MR) is 143 cm³/mol. The fourth-order valence-electron chi connectivity index (χ4n) is 4.75. The van der Waals surface area contributed by atoms with Gasteiger partial charge in [-0.1, -0.05) is 30.3 Å². The summed E-state index contributed by atoms with van der Waals surface area (Å²) in [4.78, 5) is 19.9. The molecule has 2 heterocycles. The number of aryl methyl sites for hydroxylation is 1. The molecular weight excluding hydrogens is 468 g/mol. The molecule has 0 N–H and O–H groups in total. The smallest absolute Gasteiger partial charge is 0.227 e. The maximum Gasteiger partial charge on any atom is 0.227 e. The zero-order chi connectivity index (χ0) is 25.9. The predicted octanol–water partition coefficient (Wildman–Crippen LogP) is 5.20. The van der Waals surface area contributed by atoms with Gasteiger partial charge >= 0.3 is 0 Å². The second-order valence-electron chi connectivity index (χ2n) is 9.04. The molecule has 1 aromatic heterocycles. The van der Waals surface area contributed by atoms with Crippen LogP contribution in [0.1, 0.15) is 16.7 Å². The minimum atomic E-state index is 0.0627. The molecule has 0 spiro atoms. The molecular formula is C30H30N2O5. The number of hydrogen-bond donors (Lipinski definition) is 0. The summed E-state index contributed by atoms with van der Waals surface area (Å²) in [6.07, 6.45) is 0.351. The van der Waals surface area contributed by atoms with Crippen LogP contribution in [0, 0.1) is 6.92 Å². The summed E-state index contributed by atoms with van der Waals surface area (Å²) in [5.41, 5.74) is 5.43. The Bertz CT molecular complexity index is 1450. The number of rotatable bonds is 6. The molecule has 0 fully saturated rings. The minimum absolute atomic E-state index is 0.0627. The Labute approximate surface area is 216 Å². The summed E-state index contributed by atoms with van der Waals surface area (Å²) in [6.45, 7) is 3.39. The average molecular weight is 499 g/mol. The Kier molecular flexibility index (Phi) is 6.86. The molecule has 0 aliphatic carbocycles. The van der Waals surface area contributed by atoms with E-state index in [4.69, 9.17) is 23.9 Å². The fraction of sp³-hybridized carbons (Fsp3) is 0.267. The molecule has 0 saturated carbocycles. The standard InChI is InChI=1S/C30H30N2O5/c1-19-12-24(31-25-17-27(35-3)26(34-2)16-23(19)25)21-14-22-18-32(10-11-37-30(22)28(15-21)36-4)29(33)13-20-8-6-5-7-9-20/h5-9,12,14-17H,10-11,13,18H2,1-4H3. The summed E-state index contributed by atoms with van der Waals surface area (Å²) in [5.74, 6) is 2.64.